The van der Waals surface area contributed by atoms with Crippen LogP contribution >= 0.6 is 23.2 Å². The Morgan fingerprint density at radius 1 is 0.950 bits per heavy atom. The van der Waals surface area contributed by atoms with E-state index in [0.717, 1.165) is 0 Å². The van der Waals surface area contributed by atoms with Gasteiger partial charge in [0.1, 0.15) is 11.5 Å². The molecule has 3 nitrogen and oxygen atoms in total. The molecule has 0 aliphatic heterocycles. The number of carbonyl (C=O) groups is 1. The van der Waals surface area contributed by atoms with E-state index in [2.05, 4.69) is 0 Å². The third kappa shape index (κ3) is 3.06. The van der Waals surface area contributed by atoms with Crippen LogP contribution in [0.2, 0.25) is 10.0 Å². The molecule has 2 rings (SSSR count). The Morgan fingerprint density at radius 3 is 2.10 bits per heavy atom. The number of rotatable bonds is 3. The van der Waals surface area contributed by atoms with E-state index in [9.17, 15) is 4.79 Å². The minimum atomic E-state index is -0.542. The standard InChI is InChI=1S/C15H12Cl2O3/c1-9-12(16)7-8-13(17)14(9)15(18)20-11-5-3-10(19-2)4-6-11/h3-8H,1-2H3. The van der Waals surface area contributed by atoms with Gasteiger partial charge in [-0.15, -0.1) is 0 Å². The van der Waals surface area contributed by atoms with Gasteiger partial charge in [0.2, 0.25) is 0 Å². The fraction of sp³-hybridized carbons (Fsp3) is 0.133. The Kier molecular flexibility index (Phi) is 4.53. The van der Waals surface area contributed by atoms with Crippen LogP contribution in [0.25, 0.3) is 0 Å². The molecular formula is C15H12Cl2O3. The lowest BCUT2D eigenvalue weighted by atomic mass is 10.1. The maximum atomic E-state index is 12.2. The van der Waals surface area contributed by atoms with Gasteiger partial charge < -0.3 is 9.47 Å². The van der Waals surface area contributed by atoms with Crippen molar-refractivity contribution in [3.63, 3.8) is 0 Å². The van der Waals surface area contributed by atoms with Crippen molar-refractivity contribution in [2.24, 2.45) is 0 Å². The van der Waals surface area contributed by atoms with E-state index >= 15 is 0 Å². The highest BCUT2D eigenvalue weighted by molar-refractivity contribution is 6.36. The highest BCUT2D eigenvalue weighted by Crippen LogP contribution is 2.28. The first-order valence-electron chi connectivity index (χ1n) is 5.83. The number of esters is 1. The molecule has 0 unspecified atom stereocenters. The van der Waals surface area contributed by atoms with Crippen molar-refractivity contribution in [1.29, 1.82) is 0 Å². The molecule has 0 aromatic heterocycles. The zero-order chi connectivity index (χ0) is 14.7. The maximum Gasteiger partial charge on any atom is 0.345 e. The number of hydrogen-bond acceptors (Lipinski definition) is 3. The summed E-state index contributed by atoms with van der Waals surface area (Å²) in [7, 11) is 1.57. The monoisotopic (exact) mass is 310 g/mol. The van der Waals surface area contributed by atoms with E-state index in [0.29, 0.717) is 27.1 Å². The van der Waals surface area contributed by atoms with Crippen LogP contribution in [0.1, 0.15) is 15.9 Å². The molecule has 2 aromatic rings. The maximum absolute atomic E-state index is 12.2. The second-order valence-corrected chi connectivity index (χ2v) is 4.91. The van der Waals surface area contributed by atoms with Crippen molar-refractivity contribution in [1.82, 2.24) is 0 Å². The SMILES string of the molecule is COc1ccc(OC(=O)c2c(Cl)ccc(Cl)c2C)cc1. The van der Waals surface area contributed by atoms with Gasteiger partial charge in [-0.1, -0.05) is 23.2 Å². The smallest absolute Gasteiger partial charge is 0.345 e. The molecular weight excluding hydrogens is 299 g/mol. The first-order chi connectivity index (χ1) is 9.52. The molecule has 0 heterocycles. The van der Waals surface area contributed by atoms with Crippen molar-refractivity contribution < 1.29 is 14.3 Å². The molecule has 0 amide bonds. The molecule has 2 aromatic carbocycles. The molecule has 0 fully saturated rings. The molecule has 0 spiro atoms. The average molecular weight is 311 g/mol. The summed E-state index contributed by atoms with van der Waals surface area (Å²) in [4.78, 5) is 12.2. The summed E-state index contributed by atoms with van der Waals surface area (Å²) >= 11 is 12.0. The number of methoxy groups -OCH3 is 1. The Bertz CT molecular complexity index is 636. The van der Waals surface area contributed by atoms with Crippen molar-refractivity contribution in [3.8, 4) is 11.5 Å². The lowest BCUT2D eigenvalue weighted by Gasteiger charge is -2.10. The zero-order valence-corrected chi connectivity index (χ0v) is 12.5. The molecule has 0 aliphatic carbocycles. The van der Waals surface area contributed by atoms with Gasteiger partial charge in [0.25, 0.3) is 0 Å². The van der Waals surface area contributed by atoms with Gasteiger partial charge in [0.05, 0.1) is 17.7 Å². The quantitative estimate of drug-likeness (QED) is 0.617. The second-order valence-electron chi connectivity index (χ2n) is 4.09. The van der Waals surface area contributed by atoms with Crippen LogP contribution in [0, 0.1) is 6.92 Å². The minimum absolute atomic E-state index is 0.273. The summed E-state index contributed by atoms with van der Waals surface area (Å²) in [5.41, 5.74) is 0.868. The number of benzene rings is 2. The molecule has 0 saturated heterocycles. The van der Waals surface area contributed by atoms with Crippen LogP contribution in [-0.4, -0.2) is 13.1 Å². The first kappa shape index (κ1) is 14.7. The normalized spacial score (nSPS) is 10.2. The molecule has 20 heavy (non-hydrogen) atoms. The Balaban J connectivity index is 2.26. The Morgan fingerprint density at radius 2 is 1.50 bits per heavy atom. The largest absolute Gasteiger partial charge is 0.497 e. The third-order valence-electron chi connectivity index (χ3n) is 2.82. The van der Waals surface area contributed by atoms with Crippen LogP contribution in [0.5, 0.6) is 11.5 Å². The summed E-state index contributed by atoms with van der Waals surface area (Å²) in [6.45, 7) is 1.72. The number of hydrogen-bond donors (Lipinski definition) is 0. The predicted octanol–water partition coefficient (Wildman–Crippen LogP) is 4.53. The molecule has 0 N–H and O–H groups in total. The fourth-order valence-electron chi connectivity index (χ4n) is 1.71. The molecule has 0 saturated carbocycles. The highest BCUT2D eigenvalue weighted by atomic mass is 35.5. The van der Waals surface area contributed by atoms with Crippen LogP contribution in [-0.2, 0) is 0 Å². The summed E-state index contributed by atoms with van der Waals surface area (Å²) in [5.74, 6) is 0.549. The molecule has 0 bridgehead atoms. The highest BCUT2D eigenvalue weighted by Gasteiger charge is 2.17. The van der Waals surface area contributed by atoms with Crippen molar-refractivity contribution >= 4 is 29.2 Å². The van der Waals surface area contributed by atoms with E-state index in [-0.39, 0.29) is 5.56 Å². The lowest BCUT2D eigenvalue weighted by Crippen LogP contribution is -2.11. The van der Waals surface area contributed by atoms with Crippen LogP contribution in [0.15, 0.2) is 36.4 Å². The second kappa shape index (κ2) is 6.16. The molecule has 0 radical (unpaired) electrons. The van der Waals surface area contributed by atoms with E-state index in [4.69, 9.17) is 32.7 Å². The number of ether oxygens (including phenoxy) is 2. The fourth-order valence-corrected chi connectivity index (χ4v) is 2.14. The summed E-state index contributed by atoms with van der Waals surface area (Å²) < 4.78 is 10.3. The van der Waals surface area contributed by atoms with Gasteiger partial charge in [-0.3, -0.25) is 0 Å². The van der Waals surface area contributed by atoms with Gasteiger partial charge in [-0.25, -0.2) is 4.79 Å². The van der Waals surface area contributed by atoms with E-state index in [1.54, 1.807) is 50.4 Å². The topological polar surface area (TPSA) is 35.5 Å². The van der Waals surface area contributed by atoms with E-state index in [1.807, 2.05) is 0 Å². The first-order valence-corrected chi connectivity index (χ1v) is 6.59. The van der Waals surface area contributed by atoms with Gasteiger partial charge in [-0.2, -0.15) is 0 Å². The molecule has 0 atom stereocenters. The van der Waals surface area contributed by atoms with Crippen LogP contribution in [0.4, 0.5) is 0 Å². The summed E-state index contributed by atoms with van der Waals surface area (Å²) in [6.07, 6.45) is 0. The molecule has 5 heteroatoms. The zero-order valence-electron chi connectivity index (χ0n) is 10.9. The Hall–Kier alpha value is -1.71. The van der Waals surface area contributed by atoms with Gasteiger partial charge >= 0.3 is 5.97 Å². The van der Waals surface area contributed by atoms with Crippen molar-refractivity contribution in [3.05, 3.63) is 57.6 Å². The van der Waals surface area contributed by atoms with E-state index in [1.165, 1.54) is 0 Å². The van der Waals surface area contributed by atoms with Crippen LogP contribution < -0.4 is 9.47 Å². The van der Waals surface area contributed by atoms with E-state index < -0.39 is 5.97 Å². The minimum Gasteiger partial charge on any atom is -0.497 e. The van der Waals surface area contributed by atoms with Crippen molar-refractivity contribution in [2.45, 2.75) is 6.92 Å². The van der Waals surface area contributed by atoms with Crippen molar-refractivity contribution in [2.75, 3.05) is 7.11 Å². The molecule has 104 valence electrons. The average Bonchev–Trinajstić information content (AvgIpc) is 2.44. The number of carbonyl (C=O) groups excluding carboxylic acids is 1. The third-order valence-corrected chi connectivity index (χ3v) is 3.55. The Labute approximate surface area is 127 Å². The van der Waals surface area contributed by atoms with Gasteiger partial charge in [0.15, 0.2) is 0 Å². The summed E-state index contributed by atoms with van der Waals surface area (Å²) in [6, 6.07) is 9.91. The summed E-state index contributed by atoms with van der Waals surface area (Å²) in [5, 5.41) is 0.779. The van der Waals surface area contributed by atoms with Gasteiger partial charge in [0, 0.05) is 5.02 Å². The molecule has 0 aliphatic rings. The number of halogens is 2. The predicted molar refractivity (Wildman–Crippen MR) is 79.2 cm³/mol. The lowest BCUT2D eigenvalue weighted by molar-refractivity contribution is 0.0734. The van der Waals surface area contributed by atoms with Gasteiger partial charge in [-0.05, 0) is 48.9 Å². The van der Waals surface area contributed by atoms with Crippen LogP contribution in [0.3, 0.4) is 0 Å².